The normalized spacial score (nSPS) is 14.9. The lowest BCUT2D eigenvalue weighted by molar-refractivity contribution is 0.949. The Morgan fingerprint density at radius 2 is 1.26 bits per heavy atom. The molecule has 0 N–H and O–H groups in total. The second-order valence-corrected chi connectivity index (χ2v) is 10.3. The molecule has 2 aliphatic heterocycles. The molecule has 4 aromatic carbocycles. The summed E-state index contributed by atoms with van der Waals surface area (Å²) in [7, 11) is 0. The van der Waals surface area contributed by atoms with E-state index in [1.54, 1.807) is 0 Å². The van der Waals surface area contributed by atoms with E-state index >= 15 is 0 Å². The van der Waals surface area contributed by atoms with Crippen LogP contribution in [0.1, 0.15) is 44.6 Å². The smallest absolute Gasteiger partial charge is 0.0716 e. The number of anilines is 3. The average molecular weight is 447 g/mol. The summed E-state index contributed by atoms with van der Waals surface area (Å²) >= 11 is 0. The zero-order valence-corrected chi connectivity index (χ0v) is 19.3. The van der Waals surface area contributed by atoms with Gasteiger partial charge in [0.05, 0.1) is 22.8 Å². The number of rotatable bonds is 0. The molecule has 164 valence electrons. The van der Waals surface area contributed by atoms with Crippen LogP contribution in [0.4, 0.5) is 17.1 Å². The van der Waals surface area contributed by atoms with Crippen molar-refractivity contribution in [3.8, 4) is 22.3 Å². The first-order chi connectivity index (χ1) is 17.3. The number of aromatic nitrogens is 1. The lowest BCUT2D eigenvalue weighted by atomic mass is 9.84. The molecule has 2 nitrogen and oxygen atoms in total. The highest BCUT2D eigenvalue weighted by molar-refractivity contribution is 5.95. The van der Waals surface area contributed by atoms with Gasteiger partial charge in [-0.2, -0.15) is 0 Å². The van der Waals surface area contributed by atoms with Crippen LogP contribution in [0, 0.1) is 0 Å². The maximum atomic E-state index is 4.93. The minimum Gasteiger partial charge on any atom is -0.308 e. The Morgan fingerprint density at radius 1 is 0.514 bits per heavy atom. The molecular formula is C33H22N2. The monoisotopic (exact) mass is 446 g/mol. The van der Waals surface area contributed by atoms with Crippen molar-refractivity contribution >= 4 is 17.1 Å². The first-order valence-electron chi connectivity index (χ1n) is 12.6. The van der Waals surface area contributed by atoms with E-state index in [9.17, 15) is 0 Å². The van der Waals surface area contributed by atoms with E-state index in [4.69, 9.17) is 4.98 Å². The summed E-state index contributed by atoms with van der Waals surface area (Å²) in [4.78, 5) is 7.47. The summed E-state index contributed by atoms with van der Waals surface area (Å²) in [5, 5.41) is 0. The number of hydrogen-bond donors (Lipinski definition) is 0. The lowest BCUT2D eigenvalue weighted by Crippen LogP contribution is -2.26. The van der Waals surface area contributed by atoms with Crippen LogP contribution >= 0.6 is 0 Å². The molecule has 3 heterocycles. The van der Waals surface area contributed by atoms with Crippen LogP contribution in [0.15, 0.2) is 85.1 Å². The Balaban J connectivity index is 1.32. The summed E-state index contributed by atoms with van der Waals surface area (Å²) < 4.78 is 0. The van der Waals surface area contributed by atoms with Gasteiger partial charge < -0.3 is 4.90 Å². The fourth-order valence-electron chi connectivity index (χ4n) is 7.17. The molecule has 0 unspecified atom stereocenters. The van der Waals surface area contributed by atoms with Gasteiger partial charge in [-0.05, 0) is 92.2 Å². The molecule has 2 heteroatoms. The van der Waals surface area contributed by atoms with Crippen molar-refractivity contribution in [1.29, 1.82) is 0 Å². The van der Waals surface area contributed by atoms with Crippen molar-refractivity contribution in [3.63, 3.8) is 0 Å². The van der Waals surface area contributed by atoms with Crippen LogP contribution in [0.25, 0.3) is 22.3 Å². The molecule has 35 heavy (non-hydrogen) atoms. The van der Waals surface area contributed by atoms with Crippen molar-refractivity contribution in [2.75, 3.05) is 4.90 Å². The van der Waals surface area contributed by atoms with Gasteiger partial charge >= 0.3 is 0 Å². The number of benzene rings is 4. The van der Waals surface area contributed by atoms with E-state index in [1.807, 2.05) is 6.20 Å². The van der Waals surface area contributed by atoms with Gasteiger partial charge in [-0.15, -0.1) is 0 Å². The van der Waals surface area contributed by atoms with Crippen LogP contribution in [0.2, 0.25) is 0 Å². The quantitative estimate of drug-likeness (QED) is 0.240. The molecule has 0 fully saturated rings. The third kappa shape index (κ3) is 2.23. The summed E-state index contributed by atoms with van der Waals surface area (Å²) in [5.74, 6) is 0. The third-order valence-electron chi connectivity index (χ3n) is 8.62. The van der Waals surface area contributed by atoms with Gasteiger partial charge in [0.15, 0.2) is 0 Å². The predicted molar refractivity (Wildman–Crippen MR) is 141 cm³/mol. The number of hydrogen-bond acceptors (Lipinski definition) is 2. The molecular weight excluding hydrogens is 424 g/mol. The second kappa shape index (κ2) is 6.28. The van der Waals surface area contributed by atoms with Crippen molar-refractivity contribution in [3.05, 3.63) is 130 Å². The molecule has 1 aromatic heterocycles. The number of fused-ring (bicyclic) bond motifs is 12. The molecule has 5 aromatic rings. The van der Waals surface area contributed by atoms with Crippen molar-refractivity contribution in [2.24, 2.45) is 0 Å². The van der Waals surface area contributed by atoms with Gasteiger partial charge in [0.25, 0.3) is 0 Å². The molecule has 4 aliphatic rings. The Morgan fingerprint density at radius 3 is 2.17 bits per heavy atom. The molecule has 2 aliphatic carbocycles. The van der Waals surface area contributed by atoms with Crippen molar-refractivity contribution in [2.45, 2.75) is 25.7 Å². The molecule has 0 atom stereocenters. The maximum absolute atomic E-state index is 4.93. The molecule has 0 saturated heterocycles. The summed E-state index contributed by atoms with van der Waals surface area (Å²) in [6.07, 6.45) is 5.96. The third-order valence-corrected chi connectivity index (χ3v) is 8.62. The highest BCUT2D eigenvalue weighted by Crippen LogP contribution is 2.55. The Hall–Kier alpha value is -4.17. The first kappa shape index (κ1) is 18.2. The summed E-state index contributed by atoms with van der Waals surface area (Å²) in [5.41, 5.74) is 21.0. The fourth-order valence-corrected chi connectivity index (χ4v) is 7.17. The topological polar surface area (TPSA) is 16.1 Å². The van der Waals surface area contributed by atoms with Crippen LogP contribution in [-0.2, 0) is 25.7 Å². The van der Waals surface area contributed by atoms with Crippen molar-refractivity contribution < 1.29 is 0 Å². The lowest BCUT2D eigenvalue weighted by Gasteiger charge is -2.40. The Labute approximate surface area is 204 Å². The fraction of sp³-hybridized carbons (Fsp3) is 0.121. The van der Waals surface area contributed by atoms with Gasteiger partial charge in [-0.25, -0.2) is 0 Å². The zero-order chi connectivity index (χ0) is 22.7. The van der Waals surface area contributed by atoms with E-state index < -0.39 is 0 Å². The van der Waals surface area contributed by atoms with E-state index in [2.05, 4.69) is 83.8 Å². The summed E-state index contributed by atoms with van der Waals surface area (Å²) in [6, 6.07) is 29.5. The SMILES string of the molecule is c1ccc2c(c1)Cc1c-2ccc2c1Cc1nccc3c1N2c1ccc2c(c1C3)-c1ccccc1C2. The first-order valence-corrected chi connectivity index (χ1v) is 12.6. The van der Waals surface area contributed by atoms with Gasteiger partial charge in [-0.1, -0.05) is 60.7 Å². The summed E-state index contributed by atoms with van der Waals surface area (Å²) in [6.45, 7) is 0. The minimum absolute atomic E-state index is 0.912. The van der Waals surface area contributed by atoms with E-state index in [0.29, 0.717) is 0 Å². The highest BCUT2D eigenvalue weighted by Gasteiger charge is 2.37. The second-order valence-electron chi connectivity index (χ2n) is 10.3. The standard InChI is InChI=1S/C33H22N2/c1-3-7-23-20(6-1)16-26-25(23)10-12-30-27(26)18-29-33-22(13-14-34-29)17-28-31(35(30)33)11-9-21-15-19-5-2-4-8-24(19)32(21)28/h1-14H,15-18H2. The highest BCUT2D eigenvalue weighted by atomic mass is 15.2. The molecule has 0 bridgehead atoms. The predicted octanol–water partition coefficient (Wildman–Crippen LogP) is 7.50. The average Bonchev–Trinajstić information content (AvgIpc) is 3.47. The van der Waals surface area contributed by atoms with Crippen molar-refractivity contribution in [1.82, 2.24) is 4.98 Å². The zero-order valence-electron chi connectivity index (χ0n) is 19.3. The number of pyridine rings is 1. The molecule has 0 saturated carbocycles. The van der Waals surface area contributed by atoms with Gasteiger partial charge in [0.1, 0.15) is 0 Å². The molecule has 0 radical (unpaired) electrons. The Kier molecular flexibility index (Phi) is 3.27. The van der Waals surface area contributed by atoms with Gasteiger partial charge in [0, 0.05) is 19.0 Å². The molecule has 9 rings (SSSR count). The van der Waals surface area contributed by atoms with Crippen LogP contribution < -0.4 is 4.90 Å². The van der Waals surface area contributed by atoms with Crippen LogP contribution in [0.3, 0.4) is 0 Å². The van der Waals surface area contributed by atoms with E-state index in [-0.39, 0.29) is 0 Å². The van der Waals surface area contributed by atoms with Gasteiger partial charge in [-0.3, -0.25) is 4.98 Å². The minimum atomic E-state index is 0.912. The Bertz CT molecular complexity index is 1760. The van der Waals surface area contributed by atoms with Gasteiger partial charge in [0.2, 0.25) is 0 Å². The largest absolute Gasteiger partial charge is 0.308 e. The molecule has 0 spiro atoms. The maximum Gasteiger partial charge on any atom is 0.0716 e. The van der Waals surface area contributed by atoms with Crippen LogP contribution in [-0.4, -0.2) is 4.98 Å². The van der Waals surface area contributed by atoms with Crippen LogP contribution in [0.5, 0.6) is 0 Å². The number of nitrogens with zero attached hydrogens (tertiary/aromatic N) is 2. The molecule has 0 amide bonds. The van der Waals surface area contributed by atoms with E-state index in [1.165, 1.54) is 84.0 Å². The van der Waals surface area contributed by atoms with E-state index in [0.717, 1.165) is 25.7 Å².